The van der Waals surface area contributed by atoms with Crippen molar-refractivity contribution in [3.63, 3.8) is 0 Å². The number of carbonyl (C=O) groups excluding carboxylic acids is 2. The molecule has 1 aliphatic rings. The lowest BCUT2D eigenvalue weighted by atomic mass is 10.1. The van der Waals surface area contributed by atoms with Crippen molar-refractivity contribution in [2.45, 2.75) is 18.2 Å². The Morgan fingerprint density at radius 2 is 2.06 bits per heavy atom. The molecule has 1 atom stereocenters. The maximum atomic E-state index is 13.5. The van der Waals surface area contributed by atoms with E-state index < -0.39 is 22.6 Å². The van der Waals surface area contributed by atoms with Gasteiger partial charge >= 0.3 is 0 Å². The van der Waals surface area contributed by atoms with Crippen LogP contribution >= 0.6 is 11.6 Å². The van der Waals surface area contributed by atoms with Gasteiger partial charge in [0.15, 0.2) is 5.69 Å². The van der Waals surface area contributed by atoms with E-state index in [-0.39, 0.29) is 11.3 Å². The lowest BCUT2D eigenvalue weighted by Gasteiger charge is -2.22. The average molecular weight is 518 g/mol. The fourth-order valence-corrected chi connectivity index (χ4v) is 3.92. The number of aromatic nitrogens is 1. The van der Waals surface area contributed by atoms with E-state index in [1.807, 2.05) is 0 Å². The van der Waals surface area contributed by atoms with Gasteiger partial charge in [-0.25, -0.2) is 4.98 Å². The Labute approximate surface area is 211 Å². The molecule has 1 unspecified atom stereocenters. The molecule has 0 saturated heterocycles. The van der Waals surface area contributed by atoms with Crippen LogP contribution in [0.2, 0.25) is 0 Å². The van der Waals surface area contributed by atoms with E-state index in [1.165, 1.54) is 4.90 Å². The SMILES string of the molecule is Cc1ccc(N(C)C(=O)c2ccc(S(C)=O)cc2OCCCN)c(C(=O)NC2=CC=C(Cl)CN2)n1. The summed E-state index contributed by atoms with van der Waals surface area (Å²) in [5.41, 5.74) is 6.85. The second-order valence-electron chi connectivity index (χ2n) is 7.79. The molecule has 0 radical (unpaired) electrons. The van der Waals surface area contributed by atoms with Gasteiger partial charge in [-0.1, -0.05) is 11.6 Å². The number of nitrogens with zero attached hydrogens (tertiary/aromatic N) is 2. The molecule has 0 saturated carbocycles. The van der Waals surface area contributed by atoms with Crippen LogP contribution in [0.1, 0.15) is 33.0 Å². The Morgan fingerprint density at radius 1 is 1.29 bits per heavy atom. The first kappa shape index (κ1) is 26.4. The number of pyridine rings is 1. The second kappa shape index (κ2) is 12.0. The molecule has 1 aromatic carbocycles. The summed E-state index contributed by atoms with van der Waals surface area (Å²) in [7, 11) is 0.308. The number of dihydropyridines is 1. The number of rotatable bonds is 9. The zero-order valence-corrected chi connectivity index (χ0v) is 21.3. The summed E-state index contributed by atoms with van der Waals surface area (Å²) < 4.78 is 17.8. The van der Waals surface area contributed by atoms with E-state index in [0.29, 0.717) is 59.0 Å². The number of amides is 2. The van der Waals surface area contributed by atoms with E-state index in [2.05, 4.69) is 15.6 Å². The lowest BCUT2D eigenvalue weighted by Crippen LogP contribution is -2.36. The van der Waals surface area contributed by atoms with Gasteiger partial charge in [0.1, 0.15) is 11.6 Å². The van der Waals surface area contributed by atoms with Gasteiger partial charge in [-0.05, 0) is 62.4 Å². The lowest BCUT2D eigenvalue weighted by molar-refractivity contribution is 0.0958. The van der Waals surface area contributed by atoms with Crippen molar-refractivity contribution in [1.29, 1.82) is 0 Å². The Morgan fingerprint density at radius 3 is 2.71 bits per heavy atom. The second-order valence-corrected chi connectivity index (χ2v) is 9.65. The number of nitrogens with two attached hydrogens (primary N) is 1. The molecule has 9 nitrogen and oxygen atoms in total. The molecule has 35 heavy (non-hydrogen) atoms. The highest BCUT2D eigenvalue weighted by Gasteiger charge is 2.25. The maximum absolute atomic E-state index is 13.5. The number of hydrogen-bond acceptors (Lipinski definition) is 7. The molecule has 2 heterocycles. The quantitative estimate of drug-likeness (QED) is 0.436. The smallest absolute Gasteiger partial charge is 0.277 e. The number of carbonyl (C=O) groups is 2. The van der Waals surface area contributed by atoms with Gasteiger partial charge in [0.2, 0.25) is 0 Å². The summed E-state index contributed by atoms with van der Waals surface area (Å²) in [6, 6.07) is 8.17. The van der Waals surface area contributed by atoms with Crippen molar-refractivity contribution in [2.75, 3.05) is 37.9 Å². The zero-order valence-electron chi connectivity index (χ0n) is 19.8. The van der Waals surface area contributed by atoms with Crippen LogP contribution in [0, 0.1) is 6.92 Å². The van der Waals surface area contributed by atoms with E-state index >= 15 is 0 Å². The number of ether oxygens (including phenoxy) is 1. The molecule has 0 spiro atoms. The van der Waals surface area contributed by atoms with E-state index in [1.54, 1.807) is 62.7 Å². The summed E-state index contributed by atoms with van der Waals surface area (Å²) in [4.78, 5) is 32.8. The molecule has 1 aromatic heterocycles. The van der Waals surface area contributed by atoms with E-state index in [4.69, 9.17) is 22.1 Å². The molecule has 0 aliphatic carbocycles. The first-order chi connectivity index (χ1) is 16.7. The molecule has 2 amide bonds. The summed E-state index contributed by atoms with van der Waals surface area (Å²) in [5, 5.41) is 6.37. The van der Waals surface area contributed by atoms with E-state index in [9.17, 15) is 13.8 Å². The average Bonchev–Trinajstić information content (AvgIpc) is 2.84. The first-order valence-corrected chi connectivity index (χ1v) is 12.8. The van der Waals surface area contributed by atoms with Gasteiger partial charge in [-0.15, -0.1) is 0 Å². The highest BCUT2D eigenvalue weighted by Crippen LogP contribution is 2.27. The number of allylic oxidation sites excluding steroid dienone is 2. The monoisotopic (exact) mass is 517 g/mol. The van der Waals surface area contributed by atoms with E-state index in [0.717, 1.165) is 0 Å². The number of halogens is 1. The number of hydrogen-bond donors (Lipinski definition) is 3. The molecule has 4 N–H and O–H groups in total. The highest BCUT2D eigenvalue weighted by molar-refractivity contribution is 7.84. The van der Waals surface area contributed by atoms with Gasteiger partial charge in [0, 0.05) is 39.7 Å². The molecule has 186 valence electrons. The van der Waals surface area contributed by atoms with Crippen LogP contribution in [0.3, 0.4) is 0 Å². The Kier molecular flexibility index (Phi) is 9.02. The van der Waals surface area contributed by atoms with Gasteiger partial charge < -0.3 is 26.0 Å². The van der Waals surface area contributed by atoms with Crippen LogP contribution in [0.15, 0.2) is 58.2 Å². The van der Waals surface area contributed by atoms with Gasteiger partial charge in [-0.2, -0.15) is 0 Å². The summed E-state index contributed by atoms with van der Waals surface area (Å²) in [6.45, 7) is 2.89. The summed E-state index contributed by atoms with van der Waals surface area (Å²) >= 11 is 5.95. The van der Waals surface area contributed by atoms with Crippen molar-refractivity contribution in [3.05, 3.63) is 70.3 Å². The molecular formula is C24H28ClN5O4S. The summed E-state index contributed by atoms with van der Waals surface area (Å²) in [5.74, 6) is -0.119. The summed E-state index contributed by atoms with van der Waals surface area (Å²) in [6.07, 6.45) is 5.49. The van der Waals surface area contributed by atoms with Crippen LogP contribution in [0.5, 0.6) is 5.75 Å². The minimum absolute atomic E-state index is 0.0843. The molecule has 3 rings (SSSR count). The zero-order chi connectivity index (χ0) is 25.5. The topological polar surface area (TPSA) is 127 Å². The largest absolute Gasteiger partial charge is 0.493 e. The maximum Gasteiger partial charge on any atom is 0.277 e. The number of nitrogens with one attached hydrogen (secondary N) is 2. The number of benzene rings is 1. The fourth-order valence-electron chi connectivity index (χ4n) is 3.26. The molecule has 1 aliphatic heterocycles. The van der Waals surface area contributed by atoms with Gasteiger partial charge in [0.25, 0.3) is 11.8 Å². The standard InChI is InChI=1S/C24H28ClN5O4S/c1-15-5-9-19(22(28-15)23(31)29-21-10-6-16(25)14-27-21)30(2)24(32)18-8-7-17(35(3)33)13-20(18)34-12-4-11-26/h5-10,13,27H,4,11-12,14,26H2,1-3H3,(H,29,31). The van der Waals surface area contributed by atoms with Crippen LogP contribution in [0.4, 0.5) is 5.69 Å². The normalized spacial score (nSPS) is 13.7. The van der Waals surface area contributed by atoms with Crippen molar-refractivity contribution in [3.8, 4) is 5.75 Å². The Bertz CT molecular complexity index is 1210. The number of anilines is 1. The van der Waals surface area contributed by atoms with Crippen molar-refractivity contribution < 1.29 is 18.5 Å². The third-order valence-corrected chi connectivity index (χ3v) is 6.32. The third-order valence-electron chi connectivity index (χ3n) is 5.14. The predicted octanol–water partition coefficient (Wildman–Crippen LogP) is 2.43. The molecule has 0 fully saturated rings. The van der Waals surface area contributed by atoms with Crippen LogP contribution < -0.4 is 26.0 Å². The predicted molar refractivity (Wildman–Crippen MR) is 137 cm³/mol. The molecule has 11 heteroatoms. The molecular weight excluding hydrogens is 490 g/mol. The first-order valence-electron chi connectivity index (χ1n) is 10.9. The Hall–Kier alpha value is -3.21. The Balaban J connectivity index is 1.93. The number of aryl methyl sites for hydroxylation is 1. The third kappa shape index (κ3) is 6.68. The minimum Gasteiger partial charge on any atom is -0.493 e. The van der Waals surface area contributed by atoms with Crippen molar-refractivity contribution in [2.24, 2.45) is 5.73 Å². The minimum atomic E-state index is -1.25. The molecule has 0 bridgehead atoms. The molecule has 2 aromatic rings. The highest BCUT2D eigenvalue weighted by atomic mass is 35.5. The van der Waals surface area contributed by atoms with Crippen LogP contribution in [0.25, 0.3) is 0 Å². The van der Waals surface area contributed by atoms with Crippen LogP contribution in [-0.4, -0.2) is 54.0 Å². The van der Waals surface area contributed by atoms with Gasteiger partial charge in [-0.3, -0.25) is 13.8 Å². The fraction of sp³-hybridized carbons (Fsp3) is 0.292. The van der Waals surface area contributed by atoms with Crippen LogP contribution in [-0.2, 0) is 10.8 Å². The van der Waals surface area contributed by atoms with Gasteiger partial charge in [0.05, 0.1) is 24.4 Å². The van der Waals surface area contributed by atoms with Crippen molar-refractivity contribution in [1.82, 2.24) is 15.6 Å². The van der Waals surface area contributed by atoms with Crippen molar-refractivity contribution >= 4 is 39.9 Å².